The van der Waals surface area contributed by atoms with E-state index in [1.54, 1.807) is 0 Å². The summed E-state index contributed by atoms with van der Waals surface area (Å²) < 4.78 is 0. The quantitative estimate of drug-likeness (QED) is 0.758. The van der Waals surface area contributed by atoms with E-state index in [1.807, 2.05) is 0 Å². The molecule has 1 heterocycles. The molecule has 1 aliphatic carbocycles. The molecule has 0 amide bonds. The Kier molecular flexibility index (Phi) is 7.48. The summed E-state index contributed by atoms with van der Waals surface area (Å²) in [5.41, 5.74) is 0. The molecule has 3 unspecified atom stereocenters. The van der Waals surface area contributed by atoms with E-state index in [4.69, 9.17) is 0 Å². The number of aliphatic hydroxyl groups excluding tert-OH is 1. The number of nitrogens with one attached hydrogen (secondary N) is 1. The summed E-state index contributed by atoms with van der Waals surface area (Å²) in [6.07, 6.45) is 10.2. The van der Waals surface area contributed by atoms with Gasteiger partial charge in [0.2, 0.25) is 0 Å². The Morgan fingerprint density at radius 1 is 1.10 bits per heavy atom. The topological polar surface area (TPSA) is 35.5 Å². The maximum absolute atomic E-state index is 9.95. The Balaban J connectivity index is 1.77. The second-order valence-corrected chi connectivity index (χ2v) is 7.36. The molecule has 1 aliphatic heterocycles. The van der Waals surface area contributed by atoms with Gasteiger partial charge in [-0.15, -0.1) is 0 Å². The van der Waals surface area contributed by atoms with Crippen molar-refractivity contribution >= 4 is 0 Å². The van der Waals surface area contributed by atoms with E-state index in [0.29, 0.717) is 12.0 Å². The highest BCUT2D eigenvalue weighted by atomic mass is 16.3. The number of likely N-dealkylation sites (tertiary alicyclic amines) is 1. The van der Waals surface area contributed by atoms with Gasteiger partial charge in [0.25, 0.3) is 0 Å². The third-order valence-corrected chi connectivity index (χ3v) is 5.56. The second kappa shape index (κ2) is 9.12. The van der Waals surface area contributed by atoms with Crippen molar-refractivity contribution in [2.45, 2.75) is 77.4 Å². The van der Waals surface area contributed by atoms with Gasteiger partial charge in [-0.25, -0.2) is 0 Å². The maximum Gasteiger partial charge on any atom is 0.0540 e. The number of aliphatic hydroxyl groups is 1. The summed E-state index contributed by atoms with van der Waals surface area (Å²) >= 11 is 0. The van der Waals surface area contributed by atoms with Crippen molar-refractivity contribution < 1.29 is 5.11 Å². The average Bonchev–Trinajstić information content (AvgIpc) is 2.53. The van der Waals surface area contributed by atoms with Crippen molar-refractivity contribution in [1.82, 2.24) is 10.2 Å². The summed E-state index contributed by atoms with van der Waals surface area (Å²) in [5.74, 6) is 1.58. The Bertz CT molecular complexity index is 276. The van der Waals surface area contributed by atoms with E-state index in [0.717, 1.165) is 25.3 Å². The number of nitrogens with zero attached hydrogens (tertiary/aromatic N) is 1. The van der Waals surface area contributed by atoms with E-state index >= 15 is 0 Å². The summed E-state index contributed by atoms with van der Waals surface area (Å²) in [6, 6.07) is 0.634. The van der Waals surface area contributed by atoms with Crippen molar-refractivity contribution in [3.63, 3.8) is 0 Å². The third-order valence-electron chi connectivity index (χ3n) is 5.56. The molecule has 3 heteroatoms. The second-order valence-electron chi connectivity index (χ2n) is 7.36. The van der Waals surface area contributed by atoms with Crippen LogP contribution in [0, 0.1) is 11.8 Å². The molecule has 2 aliphatic rings. The van der Waals surface area contributed by atoms with E-state index in [-0.39, 0.29) is 6.10 Å². The Morgan fingerprint density at radius 2 is 1.86 bits per heavy atom. The van der Waals surface area contributed by atoms with Gasteiger partial charge in [0.05, 0.1) is 6.10 Å². The van der Waals surface area contributed by atoms with Crippen molar-refractivity contribution in [1.29, 1.82) is 0 Å². The lowest BCUT2D eigenvalue weighted by Gasteiger charge is -2.39. The third kappa shape index (κ3) is 5.88. The average molecular weight is 296 g/mol. The number of rotatable bonds is 7. The number of piperidine rings is 1. The van der Waals surface area contributed by atoms with E-state index < -0.39 is 0 Å². The van der Waals surface area contributed by atoms with Crippen LogP contribution in [0.25, 0.3) is 0 Å². The molecule has 0 spiro atoms. The largest absolute Gasteiger partial charge is 0.393 e. The first-order chi connectivity index (χ1) is 10.2. The Labute approximate surface area is 131 Å². The standard InChI is InChI=1S/C18H36N2O/c1-3-18(21)11-16-10-17(14-20(4-2)13-16)19-12-15-8-6-5-7-9-15/h15-19,21H,3-14H2,1-2H3. The van der Waals surface area contributed by atoms with Crippen LogP contribution in [0.1, 0.15) is 65.2 Å². The summed E-state index contributed by atoms with van der Waals surface area (Å²) in [4.78, 5) is 2.56. The molecule has 1 saturated heterocycles. The zero-order chi connectivity index (χ0) is 15.1. The first kappa shape index (κ1) is 17.2. The molecular weight excluding hydrogens is 260 g/mol. The molecule has 2 N–H and O–H groups in total. The van der Waals surface area contributed by atoms with Crippen molar-refractivity contribution in [3.8, 4) is 0 Å². The molecule has 2 fully saturated rings. The molecule has 2 rings (SSSR count). The predicted molar refractivity (Wildman–Crippen MR) is 89.5 cm³/mol. The van der Waals surface area contributed by atoms with E-state index in [1.165, 1.54) is 58.2 Å². The Morgan fingerprint density at radius 3 is 2.52 bits per heavy atom. The van der Waals surface area contributed by atoms with Crippen LogP contribution in [-0.2, 0) is 0 Å². The van der Waals surface area contributed by atoms with Crippen LogP contribution >= 0.6 is 0 Å². The van der Waals surface area contributed by atoms with Gasteiger partial charge in [-0.05, 0) is 57.0 Å². The highest BCUT2D eigenvalue weighted by Gasteiger charge is 2.28. The fourth-order valence-corrected chi connectivity index (χ4v) is 4.16. The summed E-state index contributed by atoms with van der Waals surface area (Å²) in [5, 5.41) is 13.8. The van der Waals surface area contributed by atoms with Crippen LogP contribution in [0.2, 0.25) is 0 Å². The molecule has 21 heavy (non-hydrogen) atoms. The SMILES string of the molecule is CCC(O)CC1CC(NCC2CCCCC2)CN(CC)C1. The number of hydrogen-bond acceptors (Lipinski definition) is 3. The molecule has 124 valence electrons. The minimum Gasteiger partial charge on any atom is -0.393 e. The van der Waals surface area contributed by atoms with Crippen LogP contribution in [-0.4, -0.2) is 48.3 Å². The highest BCUT2D eigenvalue weighted by Crippen LogP contribution is 2.25. The van der Waals surface area contributed by atoms with Gasteiger partial charge in [0, 0.05) is 19.1 Å². The zero-order valence-electron chi connectivity index (χ0n) is 14.2. The van der Waals surface area contributed by atoms with Gasteiger partial charge in [-0.2, -0.15) is 0 Å². The van der Waals surface area contributed by atoms with Gasteiger partial charge in [0.1, 0.15) is 0 Å². The first-order valence-corrected chi connectivity index (χ1v) is 9.35. The Hall–Kier alpha value is -0.120. The van der Waals surface area contributed by atoms with Crippen molar-refractivity contribution in [2.75, 3.05) is 26.2 Å². The van der Waals surface area contributed by atoms with E-state index in [9.17, 15) is 5.11 Å². The van der Waals surface area contributed by atoms with Crippen molar-refractivity contribution in [2.24, 2.45) is 11.8 Å². The monoisotopic (exact) mass is 296 g/mol. The van der Waals surface area contributed by atoms with Crippen LogP contribution in [0.3, 0.4) is 0 Å². The molecule has 0 aromatic heterocycles. The normalized spacial score (nSPS) is 30.4. The molecule has 0 aromatic carbocycles. The van der Waals surface area contributed by atoms with Crippen LogP contribution in [0.4, 0.5) is 0 Å². The predicted octanol–water partition coefficient (Wildman–Crippen LogP) is 3.03. The molecule has 1 saturated carbocycles. The van der Waals surface area contributed by atoms with Gasteiger partial charge >= 0.3 is 0 Å². The molecule has 0 aromatic rings. The fraction of sp³-hybridized carbons (Fsp3) is 1.00. The van der Waals surface area contributed by atoms with Crippen LogP contribution < -0.4 is 5.32 Å². The van der Waals surface area contributed by atoms with Gasteiger partial charge in [0.15, 0.2) is 0 Å². The van der Waals surface area contributed by atoms with Crippen molar-refractivity contribution in [3.05, 3.63) is 0 Å². The molecular formula is C18H36N2O. The fourth-order valence-electron chi connectivity index (χ4n) is 4.16. The van der Waals surface area contributed by atoms with Crippen LogP contribution in [0.5, 0.6) is 0 Å². The maximum atomic E-state index is 9.95. The summed E-state index contributed by atoms with van der Waals surface area (Å²) in [7, 11) is 0. The molecule has 3 nitrogen and oxygen atoms in total. The zero-order valence-corrected chi connectivity index (χ0v) is 14.2. The minimum absolute atomic E-state index is 0.106. The molecule has 3 atom stereocenters. The lowest BCUT2D eigenvalue weighted by Crippen LogP contribution is -2.50. The lowest BCUT2D eigenvalue weighted by molar-refractivity contribution is 0.0848. The van der Waals surface area contributed by atoms with E-state index in [2.05, 4.69) is 24.1 Å². The number of likely N-dealkylation sites (N-methyl/N-ethyl adjacent to an activating group) is 1. The highest BCUT2D eigenvalue weighted by molar-refractivity contribution is 4.85. The van der Waals surface area contributed by atoms with Crippen LogP contribution in [0.15, 0.2) is 0 Å². The molecule has 0 radical (unpaired) electrons. The molecule has 0 bridgehead atoms. The summed E-state index contributed by atoms with van der Waals surface area (Å²) in [6.45, 7) is 9.07. The van der Waals surface area contributed by atoms with Gasteiger partial charge < -0.3 is 15.3 Å². The van der Waals surface area contributed by atoms with Gasteiger partial charge in [-0.3, -0.25) is 0 Å². The lowest BCUT2D eigenvalue weighted by atomic mass is 9.87. The minimum atomic E-state index is -0.106. The smallest absolute Gasteiger partial charge is 0.0540 e. The number of hydrogen-bond donors (Lipinski definition) is 2. The van der Waals surface area contributed by atoms with Gasteiger partial charge in [-0.1, -0.05) is 33.1 Å². The first-order valence-electron chi connectivity index (χ1n) is 9.35.